The highest BCUT2D eigenvalue weighted by atomic mass is 16.5. The van der Waals surface area contributed by atoms with Crippen molar-refractivity contribution < 1.29 is 9.73 Å². The molecule has 1 aromatic heterocycles. The molecule has 0 saturated carbocycles. The average Bonchev–Trinajstić information content (AvgIpc) is 2.43. The molecule has 10 heavy (non-hydrogen) atoms. The van der Waals surface area contributed by atoms with E-state index in [9.17, 15) is 0 Å². The lowest BCUT2D eigenvalue weighted by Crippen LogP contribution is -1.95. The fourth-order valence-corrected chi connectivity index (χ4v) is 0.659. The third-order valence-electron chi connectivity index (χ3n) is 1.18. The number of hydrogen-bond acceptors (Lipinski definition) is 4. The van der Waals surface area contributed by atoms with E-state index in [1.54, 1.807) is 6.07 Å². The molecule has 1 aromatic rings. The molecule has 1 heterocycles. The molecule has 1 N–H and O–H groups in total. The Kier molecular flexibility index (Phi) is 2.04. The Hall–Kier alpha value is -1.32. The van der Waals surface area contributed by atoms with Gasteiger partial charge in [0.25, 0.3) is 0 Å². The maximum Gasteiger partial charge on any atom is 0.184 e. The lowest BCUT2D eigenvalue weighted by atomic mass is 10.2. The van der Waals surface area contributed by atoms with Crippen molar-refractivity contribution in [2.24, 2.45) is 5.16 Å². The van der Waals surface area contributed by atoms with Crippen molar-refractivity contribution in [1.29, 1.82) is 0 Å². The Morgan fingerprint density at radius 2 is 2.70 bits per heavy atom. The number of rotatable bonds is 2. The van der Waals surface area contributed by atoms with Crippen molar-refractivity contribution in [2.75, 3.05) is 0 Å². The summed E-state index contributed by atoms with van der Waals surface area (Å²) in [5, 5.41) is 14.9. The highest BCUT2D eigenvalue weighted by molar-refractivity contribution is 5.97. The molecule has 0 radical (unpaired) electrons. The molecular weight excluding hydrogens is 132 g/mol. The highest BCUT2D eigenvalue weighted by Gasteiger charge is 2.03. The zero-order chi connectivity index (χ0) is 7.40. The zero-order valence-corrected chi connectivity index (χ0v) is 5.61. The molecule has 0 unspecified atom stereocenters. The predicted octanol–water partition coefficient (Wildman–Crippen LogP) is 1.26. The van der Waals surface area contributed by atoms with Gasteiger partial charge in [-0.15, -0.1) is 0 Å². The Morgan fingerprint density at radius 1 is 1.90 bits per heavy atom. The van der Waals surface area contributed by atoms with Gasteiger partial charge in [0.2, 0.25) is 0 Å². The van der Waals surface area contributed by atoms with Crippen molar-refractivity contribution in [1.82, 2.24) is 5.16 Å². The number of oxime groups is 1. The van der Waals surface area contributed by atoms with Gasteiger partial charge in [-0.05, 0) is 6.42 Å². The van der Waals surface area contributed by atoms with E-state index >= 15 is 0 Å². The second-order valence-corrected chi connectivity index (χ2v) is 1.78. The first kappa shape index (κ1) is 6.80. The predicted molar refractivity (Wildman–Crippen MR) is 35.1 cm³/mol. The SMILES string of the molecule is CCC(=NO)c1ccno1. The maximum absolute atomic E-state index is 8.40. The van der Waals surface area contributed by atoms with E-state index in [-0.39, 0.29) is 0 Å². The molecule has 0 atom stereocenters. The van der Waals surface area contributed by atoms with Crippen LogP contribution in [0.2, 0.25) is 0 Å². The highest BCUT2D eigenvalue weighted by Crippen LogP contribution is 2.01. The van der Waals surface area contributed by atoms with Crippen LogP contribution in [0.15, 0.2) is 21.9 Å². The minimum atomic E-state index is 0.512. The summed E-state index contributed by atoms with van der Waals surface area (Å²) in [6.45, 7) is 1.87. The second-order valence-electron chi connectivity index (χ2n) is 1.78. The Morgan fingerprint density at radius 3 is 3.10 bits per heavy atom. The van der Waals surface area contributed by atoms with E-state index in [4.69, 9.17) is 9.73 Å². The van der Waals surface area contributed by atoms with Crippen LogP contribution in [-0.2, 0) is 0 Å². The molecule has 0 amide bonds. The van der Waals surface area contributed by atoms with Gasteiger partial charge in [0.05, 0.1) is 6.20 Å². The molecule has 0 fully saturated rings. The Labute approximate surface area is 58.1 Å². The standard InChI is InChI=1S/C6H8N2O2/c1-2-5(8-9)6-3-4-7-10-6/h3-4,9H,2H2,1H3. The van der Waals surface area contributed by atoms with Crippen LogP contribution in [0.25, 0.3) is 0 Å². The third kappa shape index (κ3) is 1.15. The summed E-state index contributed by atoms with van der Waals surface area (Å²) in [6.07, 6.45) is 2.14. The summed E-state index contributed by atoms with van der Waals surface area (Å²) >= 11 is 0. The molecule has 4 heteroatoms. The quantitative estimate of drug-likeness (QED) is 0.382. The van der Waals surface area contributed by atoms with Crippen molar-refractivity contribution in [3.05, 3.63) is 18.0 Å². The normalized spacial score (nSPS) is 11.9. The van der Waals surface area contributed by atoms with Gasteiger partial charge in [-0.25, -0.2) is 0 Å². The second kappa shape index (κ2) is 3.00. The van der Waals surface area contributed by atoms with E-state index in [1.165, 1.54) is 6.20 Å². The monoisotopic (exact) mass is 140 g/mol. The smallest absolute Gasteiger partial charge is 0.184 e. The van der Waals surface area contributed by atoms with Gasteiger partial charge in [-0.3, -0.25) is 0 Å². The van der Waals surface area contributed by atoms with Gasteiger partial charge in [0.1, 0.15) is 5.71 Å². The molecule has 4 nitrogen and oxygen atoms in total. The van der Waals surface area contributed by atoms with Gasteiger partial charge >= 0.3 is 0 Å². The fourth-order valence-electron chi connectivity index (χ4n) is 0.659. The van der Waals surface area contributed by atoms with Gasteiger partial charge in [-0.2, -0.15) is 0 Å². The van der Waals surface area contributed by atoms with Crippen LogP contribution < -0.4 is 0 Å². The zero-order valence-electron chi connectivity index (χ0n) is 5.61. The fraction of sp³-hybridized carbons (Fsp3) is 0.333. The van der Waals surface area contributed by atoms with Crippen molar-refractivity contribution in [2.45, 2.75) is 13.3 Å². The lowest BCUT2D eigenvalue weighted by Gasteiger charge is -1.90. The minimum absolute atomic E-state index is 0.512. The number of nitrogens with zero attached hydrogens (tertiary/aromatic N) is 2. The Balaban J connectivity index is 2.85. The topological polar surface area (TPSA) is 58.6 Å². The molecule has 0 aliphatic heterocycles. The number of hydrogen-bond donors (Lipinski definition) is 1. The Bertz CT molecular complexity index is 216. The lowest BCUT2D eigenvalue weighted by molar-refractivity contribution is 0.315. The van der Waals surface area contributed by atoms with Crippen LogP contribution in [0.4, 0.5) is 0 Å². The number of aromatic nitrogens is 1. The molecule has 1 rings (SSSR count). The third-order valence-corrected chi connectivity index (χ3v) is 1.18. The summed E-state index contributed by atoms with van der Waals surface area (Å²) in [5.41, 5.74) is 0.512. The van der Waals surface area contributed by atoms with Crippen LogP contribution in [0.1, 0.15) is 19.1 Å². The molecular formula is C6H8N2O2. The summed E-state index contributed by atoms with van der Waals surface area (Å²) in [6, 6.07) is 1.65. The molecule has 0 saturated heterocycles. The van der Waals surface area contributed by atoms with Crippen LogP contribution in [0, 0.1) is 0 Å². The van der Waals surface area contributed by atoms with E-state index < -0.39 is 0 Å². The summed E-state index contributed by atoms with van der Waals surface area (Å²) < 4.78 is 4.74. The van der Waals surface area contributed by atoms with Crippen molar-refractivity contribution in [3.8, 4) is 0 Å². The first-order chi connectivity index (χ1) is 4.88. The van der Waals surface area contributed by atoms with Crippen LogP contribution in [-0.4, -0.2) is 16.1 Å². The van der Waals surface area contributed by atoms with Crippen molar-refractivity contribution in [3.63, 3.8) is 0 Å². The minimum Gasteiger partial charge on any atom is -0.411 e. The molecule has 54 valence electrons. The molecule has 0 aromatic carbocycles. The molecule has 0 bridgehead atoms. The molecule has 0 aliphatic carbocycles. The van der Waals surface area contributed by atoms with Crippen LogP contribution >= 0.6 is 0 Å². The van der Waals surface area contributed by atoms with Crippen molar-refractivity contribution >= 4 is 5.71 Å². The summed E-state index contributed by atoms with van der Waals surface area (Å²) in [5.74, 6) is 0.519. The van der Waals surface area contributed by atoms with Gasteiger partial charge in [0, 0.05) is 6.07 Å². The summed E-state index contributed by atoms with van der Waals surface area (Å²) in [4.78, 5) is 0. The van der Waals surface area contributed by atoms with E-state index in [2.05, 4.69) is 10.3 Å². The molecule has 0 aliphatic rings. The van der Waals surface area contributed by atoms with Gasteiger partial charge in [-0.1, -0.05) is 17.2 Å². The summed E-state index contributed by atoms with van der Waals surface area (Å²) in [7, 11) is 0. The van der Waals surface area contributed by atoms with E-state index in [0.717, 1.165) is 0 Å². The molecule has 0 spiro atoms. The first-order valence-electron chi connectivity index (χ1n) is 3.00. The van der Waals surface area contributed by atoms with Gasteiger partial charge < -0.3 is 9.73 Å². The van der Waals surface area contributed by atoms with E-state index in [1.807, 2.05) is 6.92 Å². The van der Waals surface area contributed by atoms with E-state index in [0.29, 0.717) is 17.9 Å². The van der Waals surface area contributed by atoms with Crippen LogP contribution in [0.3, 0.4) is 0 Å². The average molecular weight is 140 g/mol. The first-order valence-corrected chi connectivity index (χ1v) is 3.00. The maximum atomic E-state index is 8.40. The van der Waals surface area contributed by atoms with Crippen LogP contribution in [0.5, 0.6) is 0 Å². The largest absolute Gasteiger partial charge is 0.411 e. The van der Waals surface area contributed by atoms with Gasteiger partial charge in [0.15, 0.2) is 5.76 Å².